The normalized spacial score (nSPS) is 27.2. The molecule has 13 heavy (non-hydrogen) atoms. The second-order valence-corrected chi connectivity index (χ2v) is 4.60. The van der Waals surface area contributed by atoms with Gasteiger partial charge >= 0.3 is 0 Å². The van der Waals surface area contributed by atoms with E-state index in [1.54, 1.807) is 0 Å². The fourth-order valence-electron chi connectivity index (χ4n) is 1.59. The van der Waals surface area contributed by atoms with Gasteiger partial charge in [0.1, 0.15) is 0 Å². The van der Waals surface area contributed by atoms with Gasteiger partial charge < -0.3 is 11.1 Å². The standard InChI is InChI=1S/C10H13BrN2/c11-8-5-7-3-1-2-4-10(7)13-6-9(8)12/h1-4,8-9,13H,5-6,12H2/t8-,9+/m1/s1. The van der Waals surface area contributed by atoms with Gasteiger partial charge in [0.2, 0.25) is 0 Å². The van der Waals surface area contributed by atoms with E-state index in [1.165, 1.54) is 11.3 Å². The van der Waals surface area contributed by atoms with Crippen LogP contribution in [-0.2, 0) is 6.42 Å². The van der Waals surface area contributed by atoms with Gasteiger partial charge in [0.25, 0.3) is 0 Å². The van der Waals surface area contributed by atoms with E-state index in [2.05, 4.69) is 39.4 Å². The number of hydrogen-bond acceptors (Lipinski definition) is 2. The molecule has 1 aromatic rings. The molecule has 0 spiro atoms. The van der Waals surface area contributed by atoms with E-state index in [1.807, 2.05) is 6.07 Å². The maximum Gasteiger partial charge on any atom is 0.0373 e. The highest BCUT2D eigenvalue weighted by Crippen LogP contribution is 2.23. The number of nitrogens with two attached hydrogens (primary N) is 1. The molecule has 0 saturated carbocycles. The zero-order chi connectivity index (χ0) is 9.26. The van der Waals surface area contributed by atoms with E-state index >= 15 is 0 Å². The zero-order valence-electron chi connectivity index (χ0n) is 7.33. The fraction of sp³-hybridized carbons (Fsp3) is 0.400. The van der Waals surface area contributed by atoms with Crippen molar-refractivity contribution in [1.82, 2.24) is 0 Å². The van der Waals surface area contributed by atoms with Crippen molar-refractivity contribution >= 4 is 21.6 Å². The Hall–Kier alpha value is -0.540. The second kappa shape index (κ2) is 3.68. The van der Waals surface area contributed by atoms with Crippen LogP contribution in [-0.4, -0.2) is 17.4 Å². The number of anilines is 1. The first-order chi connectivity index (χ1) is 6.27. The molecule has 1 heterocycles. The van der Waals surface area contributed by atoms with Gasteiger partial charge in [-0.2, -0.15) is 0 Å². The minimum Gasteiger partial charge on any atom is -0.383 e. The molecule has 2 rings (SSSR count). The molecule has 0 unspecified atom stereocenters. The van der Waals surface area contributed by atoms with Gasteiger partial charge in [0.15, 0.2) is 0 Å². The highest BCUT2D eigenvalue weighted by Gasteiger charge is 2.19. The average molecular weight is 241 g/mol. The Morgan fingerprint density at radius 1 is 1.38 bits per heavy atom. The van der Waals surface area contributed by atoms with Crippen molar-refractivity contribution in [3.05, 3.63) is 29.8 Å². The van der Waals surface area contributed by atoms with Crippen molar-refractivity contribution in [2.24, 2.45) is 5.73 Å². The first-order valence-corrected chi connectivity index (χ1v) is 5.40. The van der Waals surface area contributed by atoms with Crippen LogP contribution < -0.4 is 11.1 Å². The summed E-state index contributed by atoms with van der Waals surface area (Å²) in [6.07, 6.45) is 1.00. The summed E-state index contributed by atoms with van der Waals surface area (Å²) in [7, 11) is 0. The summed E-state index contributed by atoms with van der Waals surface area (Å²) in [5.74, 6) is 0. The Morgan fingerprint density at radius 3 is 3.00 bits per heavy atom. The van der Waals surface area contributed by atoms with Gasteiger partial charge in [-0.3, -0.25) is 0 Å². The molecule has 0 amide bonds. The Balaban J connectivity index is 2.29. The monoisotopic (exact) mass is 240 g/mol. The molecular formula is C10H13BrN2. The van der Waals surface area contributed by atoms with Gasteiger partial charge in [-0.25, -0.2) is 0 Å². The smallest absolute Gasteiger partial charge is 0.0373 e. The molecule has 0 saturated heterocycles. The molecular weight excluding hydrogens is 228 g/mol. The number of para-hydroxylation sites is 1. The van der Waals surface area contributed by atoms with Crippen molar-refractivity contribution < 1.29 is 0 Å². The third kappa shape index (κ3) is 1.86. The summed E-state index contributed by atoms with van der Waals surface area (Å²) in [6.45, 7) is 0.840. The summed E-state index contributed by atoms with van der Waals surface area (Å²) in [4.78, 5) is 0.378. The summed E-state index contributed by atoms with van der Waals surface area (Å²) >= 11 is 3.61. The number of alkyl halides is 1. The molecule has 0 fully saturated rings. The number of rotatable bonds is 0. The van der Waals surface area contributed by atoms with Crippen molar-refractivity contribution in [3.63, 3.8) is 0 Å². The van der Waals surface area contributed by atoms with Crippen molar-refractivity contribution in [3.8, 4) is 0 Å². The average Bonchev–Trinajstić information content (AvgIpc) is 2.28. The predicted molar refractivity (Wildman–Crippen MR) is 59.3 cm³/mol. The van der Waals surface area contributed by atoms with Crippen LogP contribution in [0, 0.1) is 0 Å². The van der Waals surface area contributed by atoms with Crippen LogP contribution in [0.15, 0.2) is 24.3 Å². The first-order valence-electron chi connectivity index (χ1n) is 4.49. The highest BCUT2D eigenvalue weighted by atomic mass is 79.9. The number of benzene rings is 1. The first kappa shape index (κ1) is 9.03. The summed E-state index contributed by atoms with van der Waals surface area (Å²) in [5.41, 5.74) is 8.52. The minimum atomic E-state index is 0.187. The van der Waals surface area contributed by atoms with Gasteiger partial charge in [-0.05, 0) is 18.1 Å². The molecule has 0 radical (unpaired) electrons. The van der Waals surface area contributed by atoms with E-state index in [9.17, 15) is 0 Å². The highest BCUT2D eigenvalue weighted by molar-refractivity contribution is 9.09. The van der Waals surface area contributed by atoms with Crippen LogP contribution in [0.4, 0.5) is 5.69 Å². The molecule has 1 aromatic carbocycles. The van der Waals surface area contributed by atoms with Crippen molar-refractivity contribution in [2.75, 3.05) is 11.9 Å². The lowest BCUT2D eigenvalue weighted by Gasteiger charge is -2.13. The minimum absolute atomic E-state index is 0.187. The molecule has 0 bridgehead atoms. The van der Waals surface area contributed by atoms with Crippen LogP contribution in [0.1, 0.15) is 5.56 Å². The second-order valence-electron chi connectivity index (χ2n) is 3.42. The van der Waals surface area contributed by atoms with Crippen LogP contribution in [0.3, 0.4) is 0 Å². The Morgan fingerprint density at radius 2 is 2.15 bits per heavy atom. The summed E-state index contributed by atoms with van der Waals surface area (Å²) in [6, 6.07) is 8.55. The topological polar surface area (TPSA) is 38.0 Å². The largest absolute Gasteiger partial charge is 0.383 e. The molecule has 0 aromatic heterocycles. The van der Waals surface area contributed by atoms with E-state index in [0.29, 0.717) is 4.83 Å². The van der Waals surface area contributed by atoms with Crippen LogP contribution in [0.25, 0.3) is 0 Å². The Bertz CT molecular complexity index is 301. The third-order valence-corrected chi connectivity index (χ3v) is 3.43. The fourth-order valence-corrected chi connectivity index (χ4v) is 2.12. The SMILES string of the molecule is N[C@H]1CNc2ccccc2C[C@H]1Br. The van der Waals surface area contributed by atoms with Gasteiger partial charge in [-0.1, -0.05) is 34.1 Å². The number of halogens is 1. The van der Waals surface area contributed by atoms with E-state index in [-0.39, 0.29) is 6.04 Å². The van der Waals surface area contributed by atoms with Crippen LogP contribution >= 0.6 is 15.9 Å². The summed E-state index contributed by atoms with van der Waals surface area (Å²) in [5, 5.41) is 3.35. The van der Waals surface area contributed by atoms with Crippen LogP contribution in [0.5, 0.6) is 0 Å². The van der Waals surface area contributed by atoms with Gasteiger partial charge in [0.05, 0.1) is 0 Å². The Kier molecular flexibility index (Phi) is 2.56. The molecule has 70 valence electrons. The number of fused-ring (bicyclic) bond motifs is 1. The lowest BCUT2D eigenvalue weighted by molar-refractivity contribution is 0.678. The quantitative estimate of drug-likeness (QED) is 0.679. The van der Waals surface area contributed by atoms with E-state index < -0.39 is 0 Å². The Labute approximate surface area is 86.6 Å². The van der Waals surface area contributed by atoms with Gasteiger partial charge in [-0.15, -0.1) is 0 Å². The van der Waals surface area contributed by atoms with Crippen molar-refractivity contribution in [1.29, 1.82) is 0 Å². The zero-order valence-corrected chi connectivity index (χ0v) is 8.92. The number of hydrogen-bond donors (Lipinski definition) is 2. The predicted octanol–water partition coefficient (Wildman–Crippen LogP) is 1.75. The molecule has 1 aliphatic rings. The third-order valence-electron chi connectivity index (χ3n) is 2.43. The molecule has 0 aliphatic carbocycles. The molecule has 3 N–H and O–H groups in total. The maximum atomic E-state index is 5.95. The van der Waals surface area contributed by atoms with Gasteiger partial charge in [0, 0.05) is 23.1 Å². The maximum absolute atomic E-state index is 5.95. The summed E-state index contributed by atoms with van der Waals surface area (Å²) < 4.78 is 0. The molecule has 3 heteroatoms. The van der Waals surface area contributed by atoms with E-state index in [0.717, 1.165) is 13.0 Å². The van der Waals surface area contributed by atoms with Crippen LogP contribution in [0.2, 0.25) is 0 Å². The number of nitrogens with one attached hydrogen (secondary N) is 1. The molecule has 1 aliphatic heterocycles. The molecule has 2 atom stereocenters. The lowest BCUT2D eigenvalue weighted by atomic mass is 10.1. The molecule has 2 nitrogen and oxygen atoms in total. The van der Waals surface area contributed by atoms with E-state index in [4.69, 9.17) is 5.73 Å². The van der Waals surface area contributed by atoms with Crippen molar-refractivity contribution in [2.45, 2.75) is 17.3 Å². The lowest BCUT2D eigenvalue weighted by Crippen LogP contribution is -2.36.